The third-order valence-electron chi connectivity index (χ3n) is 6.75. The number of benzene rings is 3. The topological polar surface area (TPSA) is 34.9 Å². The van der Waals surface area contributed by atoms with E-state index in [9.17, 15) is 13.6 Å². The molecule has 0 bridgehead atoms. The second kappa shape index (κ2) is 10.5. The normalized spacial score (nSPS) is 11.4. The molecule has 5 aromatic rings. The number of halogens is 2. The Kier molecular flexibility index (Phi) is 6.95. The predicted octanol–water partition coefficient (Wildman–Crippen LogP) is 7.97. The zero-order valence-corrected chi connectivity index (χ0v) is 20.9. The van der Waals surface area contributed by atoms with Gasteiger partial charge in [-0.05, 0) is 64.9 Å². The number of pyridine rings is 1. The highest BCUT2D eigenvalue weighted by molar-refractivity contribution is 6.10. The van der Waals surface area contributed by atoms with Crippen LogP contribution in [0.1, 0.15) is 53.4 Å². The van der Waals surface area contributed by atoms with Gasteiger partial charge in [0.05, 0.1) is 0 Å². The van der Waals surface area contributed by atoms with Crippen molar-refractivity contribution in [3.63, 3.8) is 0 Å². The van der Waals surface area contributed by atoms with Crippen LogP contribution in [0.2, 0.25) is 0 Å². The number of aromatic nitrogens is 2. The first-order valence-electron chi connectivity index (χ1n) is 12.5. The molecule has 0 unspecified atom stereocenters. The minimum absolute atomic E-state index is 0.00176. The van der Waals surface area contributed by atoms with Crippen molar-refractivity contribution in [2.75, 3.05) is 0 Å². The standard InChI is InChI=1S/C32H28F2N2O/c1-21(2)32-31(30(37)13-9-22-8-12-27(33)28(34)18-22)26-11-10-25(24-14-16-35-17-15-24)19-29(26)36(32)20-23-6-4-3-5-7-23/h3-8,10-12,14-19,21H,9,13,20H2,1-2H3. The molecule has 0 aliphatic carbocycles. The Balaban J connectivity index is 1.62. The predicted molar refractivity (Wildman–Crippen MR) is 144 cm³/mol. The number of fused-ring (bicyclic) bond motifs is 1. The summed E-state index contributed by atoms with van der Waals surface area (Å²) in [5.74, 6) is -1.67. The molecule has 5 heteroatoms. The van der Waals surface area contributed by atoms with Gasteiger partial charge in [0, 0.05) is 47.5 Å². The number of carbonyl (C=O) groups is 1. The van der Waals surface area contributed by atoms with Gasteiger partial charge in [-0.2, -0.15) is 0 Å². The van der Waals surface area contributed by atoms with Crippen molar-refractivity contribution in [3.8, 4) is 11.1 Å². The van der Waals surface area contributed by atoms with Crippen LogP contribution in [-0.2, 0) is 13.0 Å². The second-order valence-electron chi connectivity index (χ2n) is 9.63. The van der Waals surface area contributed by atoms with E-state index in [1.54, 1.807) is 12.4 Å². The van der Waals surface area contributed by atoms with Crippen LogP contribution in [0.15, 0.2) is 91.3 Å². The molecule has 0 fully saturated rings. The lowest BCUT2D eigenvalue weighted by atomic mass is 9.95. The molecule has 2 heterocycles. The van der Waals surface area contributed by atoms with Crippen molar-refractivity contribution < 1.29 is 13.6 Å². The first-order chi connectivity index (χ1) is 17.9. The van der Waals surface area contributed by atoms with Gasteiger partial charge < -0.3 is 4.57 Å². The highest BCUT2D eigenvalue weighted by Gasteiger charge is 2.25. The molecule has 0 spiro atoms. The number of hydrogen-bond donors (Lipinski definition) is 0. The molecule has 2 aromatic heterocycles. The number of carbonyl (C=O) groups excluding carboxylic acids is 1. The SMILES string of the molecule is CC(C)c1c(C(=O)CCc2ccc(F)c(F)c2)c2ccc(-c3ccncc3)cc2n1Cc1ccccc1. The highest BCUT2D eigenvalue weighted by Crippen LogP contribution is 2.35. The van der Waals surface area contributed by atoms with E-state index < -0.39 is 11.6 Å². The molecular formula is C32H28F2N2O. The fraction of sp³-hybridized carbons (Fsp3) is 0.188. The molecule has 0 atom stereocenters. The Hall–Kier alpha value is -4.12. The van der Waals surface area contributed by atoms with E-state index in [0.717, 1.165) is 39.4 Å². The van der Waals surface area contributed by atoms with E-state index >= 15 is 0 Å². The van der Waals surface area contributed by atoms with Crippen LogP contribution in [-0.4, -0.2) is 15.3 Å². The fourth-order valence-corrected chi connectivity index (χ4v) is 5.00. The lowest BCUT2D eigenvalue weighted by Gasteiger charge is -2.15. The molecule has 0 aliphatic rings. The summed E-state index contributed by atoms with van der Waals surface area (Å²) in [6.07, 6.45) is 4.10. The molecule has 0 N–H and O–H groups in total. The first-order valence-corrected chi connectivity index (χ1v) is 12.5. The smallest absolute Gasteiger partial charge is 0.165 e. The largest absolute Gasteiger partial charge is 0.339 e. The highest BCUT2D eigenvalue weighted by atomic mass is 19.2. The van der Waals surface area contributed by atoms with E-state index in [1.165, 1.54) is 12.1 Å². The van der Waals surface area contributed by atoms with Gasteiger partial charge >= 0.3 is 0 Å². The Labute approximate surface area is 215 Å². The van der Waals surface area contributed by atoms with Gasteiger partial charge in [0.1, 0.15) is 0 Å². The summed E-state index contributed by atoms with van der Waals surface area (Å²) in [6, 6.07) is 24.2. The van der Waals surface area contributed by atoms with Crippen LogP contribution < -0.4 is 0 Å². The molecule has 186 valence electrons. The van der Waals surface area contributed by atoms with Gasteiger partial charge in [0.2, 0.25) is 0 Å². The van der Waals surface area contributed by atoms with Crippen molar-refractivity contribution in [1.29, 1.82) is 0 Å². The minimum Gasteiger partial charge on any atom is -0.339 e. The van der Waals surface area contributed by atoms with E-state index in [2.05, 4.69) is 41.6 Å². The zero-order valence-electron chi connectivity index (χ0n) is 20.9. The van der Waals surface area contributed by atoms with Gasteiger partial charge in [0.25, 0.3) is 0 Å². The van der Waals surface area contributed by atoms with Crippen LogP contribution in [0.25, 0.3) is 22.0 Å². The fourth-order valence-electron chi connectivity index (χ4n) is 5.00. The Morgan fingerprint density at radius 2 is 1.59 bits per heavy atom. The lowest BCUT2D eigenvalue weighted by Crippen LogP contribution is -2.11. The Morgan fingerprint density at radius 1 is 0.838 bits per heavy atom. The Morgan fingerprint density at radius 3 is 2.30 bits per heavy atom. The summed E-state index contributed by atoms with van der Waals surface area (Å²) < 4.78 is 29.3. The number of aryl methyl sites for hydroxylation is 1. The van der Waals surface area contributed by atoms with Gasteiger partial charge in [-0.15, -0.1) is 0 Å². The van der Waals surface area contributed by atoms with Crippen LogP contribution in [0.4, 0.5) is 8.78 Å². The average molecular weight is 495 g/mol. The van der Waals surface area contributed by atoms with Crippen molar-refractivity contribution in [1.82, 2.24) is 9.55 Å². The molecule has 0 saturated carbocycles. The number of rotatable bonds is 8. The van der Waals surface area contributed by atoms with Crippen molar-refractivity contribution >= 4 is 16.7 Å². The summed E-state index contributed by atoms with van der Waals surface area (Å²) in [6.45, 7) is 4.85. The summed E-state index contributed by atoms with van der Waals surface area (Å²) in [4.78, 5) is 17.9. The van der Waals surface area contributed by atoms with E-state index in [0.29, 0.717) is 24.1 Å². The molecule has 0 radical (unpaired) electrons. The molecule has 0 aliphatic heterocycles. The van der Waals surface area contributed by atoms with Gasteiger partial charge in [0.15, 0.2) is 17.4 Å². The number of hydrogen-bond acceptors (Lipinski definition) is 2. The molecule has 37 heavy (non-hydrogen) atoms. The van der Waals surface area contributed by atoms with Crippen molar-refractivity contribution in [3.05, 3.63) is 125 Å². The summed E-state index contributed by atoms with van der Waals surface area (Å²) >= 11 is 0. The van der Waals surface area contributed by atoms with Crippen LogP contribution in [0.3, 0.4) is 0 Å². The summed E-state index contributed by atoms with van der Waals surface area (Å²) in [5.41, 5.74) is 6.56. The van der Waals surface area contributed by atoms with Crippen molar-refractivity contribution in [2.24, 2.45) is 0 Å². The number of ketones is 1. The third kappa shape index (κ3) is 5.08. The molecule has 3 nitrogen and oxygen atoms in total. The maximum atomic E-state index is 13.7. The number of nitrogens with zero attached hydrogens (tertiary/aromatic N) is 2. The maximum Gasteiger partial charge on any atom is 0.165 e. The Bertz CT molecular complexity index is 1560. The molecule has 3 aromatic carbocycles. The number of Topliss-reactive ketones (excluding diaryl/α,β-unsaturated/α-hetero) is 1. The van der Waals surface area contributed by atoms with Crippen LogP contribution in [0, 0.1) is 11.6 Å². The molecular weight excluding hydrogens is 466 g/mol. The van der Waals surface area contributed by atoms with E-state index in [4.69, 9.17) is 0 Å². The molecule has 0 amide bonds. The quantitative estimate of drug-likeness (QED) is 0.205. The van der Waals surface area contributed by atoms with Gasteiger partial charge in [-0.3, -0.25) is 9.78 Å². The first kappa shape index (κ1) is 24.6. The monoisotopic (exact) mass is 494 g/mol. The van der Waals surface area contributed by atoms with Crippen LogP contribution in [0.5, 0.6) is 0 Å². The van der Waals surface area contributed by atoms with E-state index in [1.807, 2.05) is 42.5 Å². The van der Waals surface area contributed by atoms with Crippen LogP contribution >= 0.6 is 0 Å². The average Bonchev–Trinajstić information content (AvgIpc) is 3.24. The maximum absolute atomic E-state index is 13.7. The minimum atomic E-state index is -0.893. The summed E-state index contributed by atoms with van der Waals surface area (Å²) in [5, 5.41) is 0.910. The van der Waals surface area contributed by atoms with Gasteiger partial charge in [-0.1, -0.05) is 62.4 Å². The second-order valence-corrected chi connectivity index (χ2v) is 9.63. The van der Waals surface area contributed by atoms with Crippen molar-refractivity contribution in [2.45, 2.75) is 39.2 Å². The molecule has 0 saturated heterocycles. The lowest BCUT2D eigenvalue weighted by molar-refractivity contribution is 0.0983. The summed E-state index contributed by atoms with van der Waals surface area (Å²) in [7, 11) is 0. The van der Waals surface area contributed by atoms with E-state index in [-0.39, 0.29) is 18.1 Å². The zero-order chi connectivity index (χ0) is 25.9. The molecule has 5 rings (SSSR count). The third-order valence-corrected chi connectivity index (χ3v) is 6.75. The van der Waals surface area contributed by atoms with Gasteiger partial charge in [-0.25, -0.2) is 8.78 Å².